The normalized spacial score (nSPS) is 13.3. The summed E-state index contributed by atoms with van der Waals surface area (Å²) >= 11 is 0. The molecule has 1 amide bonds. The van der Waals surface area contributed by atoms with Gasteiger partial charge in [0.15, 0.2) is 0 Å². The average molecular weight is 254 g/mol. The summed E-state index contributed by atoms with van der Waals surface area (Å²) in [7, 11) is 0. The van der Waals surface area contributed by atoms with Crippen LogP contribution in [-0.4, -0.2) is 45.5 Å². The smallest absolute Gasteiger partial charge is 0.234 e. The average Bonchev–Trinajstić information content (AvgIpc) is 2.67. The number of nitrogens with one attached hydrogen (secondary N) is 2. The zero-order valence-corrected chi connectivity index (χ0v) is 11.2. The van der Waals surface area contributed by atoms with E-state index in [0.29, 0.717) is 13.1 Å². The number of rotatable bonds is 6. The molecule has 0 radical (unpaired) electrons. The molecule has 0 spiro atoms. The van der Waals surface area contributed by atoms with Gasteiger partial charge in [0.05, 0.1) is 19.2 Å². The molecule has 3 N–H and O–H groups in total. The predicted molar refractivity (Wildman–Crippen MR) is 69.0 cm³/mol. The molecule has 0 aromatic carbocycles. The van der Waals surface area contributed by atoms with Crippen LogP contribution in [0.1, 0.15) is 20.8 Å². The fourth-order valence-electron chi connectivity index (χ4n) is 1.50. The topological polar surface area (TPSA) is 79.2 Å². The van der Waals surface area contributed by atoms with Gasteiger partial charge in [0.1, 0.15) is 0 Å². The quantitative estimate of drug-likeness (QED) is 0.654. The molecule has 0 aliphatic carbocycles. The molecule has 102 valence electrons. The third-order valence-corrected chi connectivity index (χ3v) is 2.14. The van der Waals surface area contributed by atoms with Crippen molar-refractivity contribution in [3.05, 3.63) is 18.5 Å². The van der Waals surface area contributed by atoms with Crippen molar-refractivity contribution in [1.29, 1.82) is 0 Å². The van der Waals surface area contributed by atoms with Crippen LogP contribution in [0.15, 0.2) is 18.5 Å². The van der Waals surface area contributed by atoms with Gasteiger partial charge in [-0.15, -0.1) is 0 Å². The van der Waals surface area contributed by atoms with Gasteiger partial charge < -0.3 is 15.7 Å². The van der Waals surface area contributed by atoms with Crippen LogP contribution in [0.2, 0.25) is 0 Å². The number of nitrogens with zero attached hydrogens (tertiary/aromatic N) is 2. The standard InChI is InChI=1S/C12H22N4O2/c1-12(2,3)15-11(18)8-13-7-10(17)9-16-6-4-5-14-16/h4-6,10,13,17H,7-9H2,1-3H3,(H,15,18). The molecule has 0 bridgehead atoms. The van der Waals surface area contributed by atoms with Crippen molar-refractivity contribution in [1.82, 2.24) is 20.4 Å². The second-order valence-corrected chi connectivity index (χ2v) is 5.31. The molecule has 1 rings (SSSR count). The summed E-state index contributed by atoms with van der Waals surface area (Å²) in [4.78, 5) is 11.5. The van der Waals surface area contributed by atoms with Gasteiger partial charge in [-0.3, -0.25) is 9.48 Å². The molecule has 0 aliphatic rings. The molecule has 1 aromatic heterocycles. The number of hydrogen-bond acceptors (Lipinski definition) is 4. The highest BCUT2D eigenvalue weighted by atomic mass is 16.3. The van der Waals surface area contributed by atoms with Crippen LogP contribution >= 0.6 is 0 Å². The maximum atomic E-state index is 11.5. The van der Waals surface area contributed by atoms with E-state index in [0.717, 1.165) is 0 Å². The molecular formula is C12H22N4O2. The summed E-state index contributed by atoms with van der Waals surface area (Å²) in [5.41, 5.74) is -0.230. The van der Waals surface area contributed by atoms with Crippen molar-refractivity contribution in [2.24, 2.45) is 0 Å². The van der Waals surface area contributed by atoms with E-state index in [1.165, 1.54) is 0 Å². The van der Waals surface area contributed by atoms with Gasteiger partial charge in [0, 0.05) is 24.5 Å². The van der Waals surface area contributed by atoms with E-state index in [1.807, 2.05) is 20.8 Å². The lowest BCUT2D eigenvalue weighted by Crippen LogP contribution is -2.46. The van der Waals surface area contributed by atoms with Crippen LogP contribution in [0, 0.1) is 0 Å². The Morgan fingerprint density at radius 2 is 2.22 bits per heavy atom. The Hall–Kier alpha value is -1.40. The molecule has 1 heterocycles. The van der Waals surface area contributed by atoms with Crippen LogP contribution < -0.4 is 10.6 Å². The van der Waals surface area contributed by atoms with E-state index in [2.05, 4.69) is 15.7 Å². The molecule has 6 heteroatoms. The van der Waals surface area contributed by atoms with Crippen LogP contribution in [-0.2, 0) is 11.3 Å². The summed E-state index contributed by atoms with van der Waals surface area (Å²) < 4.78 is 1.65. The summed E-state index contributed by atoms with van der Waals surface area (Å²) in [5.74, 6) is -0.0752. The molecule has 0 saturated heterocycles. The lowest BCUT2D eigenvalue weighted by atomic mass is 10.1. The van der Waals surface area contributed by atoms with E-state index < -0.39 is 6.10 Å². The first-order valence-electron chi connectivity index (χ1n) is 6.04. The zero-order valence-electron chi connectivity index (χ0n) is 11.2. The highest BCUT2D eigenvalue weighted by Gasteiger charge is 2.13. The van der Waals surface area contributed by atoms with Crippen molar-refractivity contribution in [2.75, 3.05) is 13.1 Å². The van der Waals surface area contributed by atoms with Gasteiger partial charge in [0.25, 0.3) is 0 Å². The minimum absolute atomic E-state index is 0.0752. The molecule has 1 aromatic rings. The first-order valence-corrected chi connectivity index (χ1v) is 6.04. The summed E-state index contributed by atoms with van der Waals surface area (Å²) in [6, 6.07) is 1.80. The number of amides is 1. The highest BCUT2D eigenvalue weighted by molar-refractivity contribution is 5.78. The van der Waals surface area contributed by atoms with Gasteiger partial charge in [-0.05, 0) is 26.8 Å². The molecule has 0 saturated carbocycles. The lowest BCUT2D eigenvalue weighted by Gasteiger charge is -2.21. The largest absolute Gasteiger partial charge is 0.390 e. The first-order chi connectivity index (χ1) is 8.37. The number of carbonyl (C=O) groups is 1. The van der Waals surface area contributed by atoms with Gasteiger partial charge >= 0.3 is 0 Å². The van der Waals surface area contributed by atoms with Crippen molar-refractivity contribution in [3.8, 4) is 0 Å². The lowest BCUT2D eigenvalue weighted by molar-refractivity contribution is -0.121. The Bertz CT molecular complexity index is 357. The Kier molecular flexibility index (Phi) is 5.30. The summed E-state index contributed by atoms with van der Waals surface area (Å²) in [6.07, 6.45) is 2.89. The van der Waals surface area contributed by atoms with E-state index in [4.69, 9.17) is 0 Å². The minimum Gasteiger partial charge on any atom is -0.390 e. The molecule has 0 fully saturated rings. The summed E-state index contributed by atoms with van der Waals surface area (Å²) in [5, 5.41) is 19.5. The maximum Gasteiger partial charge on any atom is 0.234 e. The van der Waals surface area contributed by atoms with Crippen molar-refractivity contribution >= 4 is 5.91 Å². The second kappa shape index (κ2) is 6.51. The SMILES string of the molecule is CC(C)(C)NC(=O)CNCC(O)Cn1cccn1. The number of hydrogen-bond donors (Lipinski definition) is 3. The fourth-order valence-corrected chi connectivity index (χ4v) is 1.50. The fraction of sp³-hybridized carbons (Fsp3) is 0.667. The van der Waals surface area contributed by atoms with Gasteiger partial charge in [0.2, 0.25) is 5.91 Å². The first kappa shape index (κ1) is 14.7. The van der Waals surface area contributed by atoms with E-state index in [-0.39, 0.29) is 18.0 Å². The summed E-state index contributed by atoms with van der Waals surface area (Å²) in [6.45, 7) is 6.76. The minimum atomic E-state index is -0.563. The molecular weight excluding hydrogens is 232 g/mol. The van der Waals surface area contributed by atoms with Crippen LogP contribution in [0.4, 0.5) is 0 Å². The van der Waals surface area contributed by atoms with E-state index in [9.17, 15) is 9.90 Å². The van der Waals surface area contributed by atoms with Crippen LogP contribution in [0.3, 0.4) is 0 Å². The monoisotopic (exact) mass is 254 g/mol. The molecule has 1 unspecified atom stereocenters. The number of aliphatic hydroxyl groups is 1. The van der Waals surface area contributed by atoms with Crippen LogP contribution in [0.25, 0.3) is 0 Å². The van der Waals surface area contributed by atoms with Crippen molar-refractivity contribution in [3.63, 3.8) is 0 Å². The Morgan fingerprint density at radius 3 is 2.78 bits per heavy atom. The third-order valence-electron chi connectivity index (χ3n) is 2.14. The van der Waals surface area contributed by atoms with Crippen molar-refractivity contribution < 1.29 is 9.90 Å². The van der Waals surface area contributed by atoms with Gasteiger partial charge in [-0.1, -0.05) is 0 Å². The molecule has 0 aliphatic heterocycles. The van der Waals surface area contributed by atoms with Crippen LogP contribution in [0.5, 0.6) is 0 Å². The number of aromatic nitrogens is 2. The van der Waals surface area contributed by atoms with E-state index >= 15 is 0 Å². The Balaban J connectivity index is 2.15. The third kappa shape index (κ3) is 6.36. The molecule has 6 nitrogen and oxygen atoms in total. The van der Waals surface area contributed by atoms with Crippen molar-refractivity contribution in [2.45, 2.75) is 39.0 Å². The molecule has 1 atom stereocenters. The number of aliphatic hydroxyl groups excluding tert-OH is 1. The highest BCUT2D eigenvalue weighted by Crippen LogP contribution is 1.97. The van der Waals surface area contributed by atoms with Gasteiger partial charge in [-0.2, -0.15) is 5.10 Å². The van der Waals surface area contributed by atoms with Gasteiger partial charge in [-0.25, -0.2) is 0 Å². The Morgan fingerprint density at radius 1 is 1.50 bits per heavy atom. The predicted octanol–water partition coefficient (Wildman–Crippen LogP) is -0.252. The molecule has 18 heavy (non-hydrogen) atoms. The maximum absolute atomic E-state index is 11.5. The Labute approximate surface area is 107 Å². The number of carbonyl (C=O) groups excluding carboxylic acids is 1. The second-order valence-electron chi connectivity index (χ2n) is 5.31. The zero-order chi connectivity index (χ0) is 13.6. The van der Waals surface area contributed by atoms with E-state index in [1.54, 1.807) is 23.1 Å².